The molecule has 0 bridgehead atoms. The van der Waals surface area contributed by atoms with Crippen LogP contribution < -0.4 is 5.32 Å². The van der Waals surface area contributed by atoms with Crippen molar-refractivity contribution in [2.24, 2.45) is 0 Å². The number of fused-ring (bicyclic) bond motifs is 1. The molecule has 2 aromatic carbocycles. The van der Waals surface area contributed by atoms with E-state index in [1.165, 1.54) is 42.3 Å². The molecule has 3 nitrogen and oxygen atoms in total. The Morgan fingerprint density at radius 1 is 1.11 bits per heavy atom. The number of methoxy groups -OCH3 is 1. The van der Waals surface area contributed by atoms with Gasteiger partial charge in [-0.1, -0.05) is 67.0 Å². The van der Waals surface area contributed by atoms with Crippen molar-refractivity contribution in [2.75, 3.05) is 24.3 Å². The molecular formula is C23H32BrNO2. The summed E-state index contributed by atoms with van der Waals surface area (Å²) in [7, 11) is 1.40. The minimum atomic E-state index is -0.284. The lowest BCUT2D eigenvalue weighted by atomic mass is 9.95. The van der Waals surface area contributed by atoms with Crippen molar-refractivity contribution in [1.82, 2.24) is 0 Å². The minimum absolute atomic E-state index is 0.284. The largest absolute Gasteiger partial charge is 0.465 e. The number of ether oxygens (including phenoxy) is 1. The zero-order valence-corrected chi connectivity index (χ0v) is 18.6. The molecule has 4 heteroatoms. The minimum Gasteiger partial charge on any atom is -0.465 e. The first-order valence-electron chi connectivity index (χ1n) is 9.77. The molecule has 0 unspecified atom stereocenters. The number of aryl methyl sites for hydroxylation is 3. The summed E-state index contributed by atoms with van der Waals surface area (Å²) < 4.78 is 4.72. The van der Waals surface area contributed by atoms with Crippen LogP contribution in [0.3, 0.4) is 0 Å². The van der Waals surface area contributed by atoms with E-state index in [0.29, 0.717) is 5.56 Å². The van der Waals surface area contributed by atoms with Crippen molar-refractivity contribution < 1.29 is 9.53 Å². The van der Waals surface area contributed by atoms with Crippen LogP contribution in [0.1, 0.15) is 54.2 Å². The third kappa shape index (κ3) is 7.37. The molecular weight excluding hydrogens is 402 g/mol. The van der Waals surface area contributed by atoms with Gasteiger partial charge in [-0.2, -0.15) is 0 Å². The highest BCUT2D eigenvalue weighted by Crippen LogP contribution is 2.27. The summed E-state index contributed by atoms with van der Waals surface area (Å²) in [5.74, 6) is -0.284. The smallest absolute Gasteiger partial charge is 0.337 e. The van der Waals surface area contributed by atoms with Gasteiger partial charge in [-0.15, -0.1) is 0 Å². The van der Waals surface area contributed by atoms with Gasteiger partial charge in [0.2, 0.25) is 0 Å². The van der Waals surface area contributed by atoms with Gasteiger partial charge in [-0.25, -0.2) is 4.79 Å². The van der Waals surface area contributed by atoms with E-state index >= 15 is 0 Å². The van der Waals surface area contributed by atoms with Gasteiger partial charge < -0.3 is 10.1 Å². The second-order valence-corrected chi connectivity index (χ2v) is 7.06. The first-order chi connectivity index (χ1) is 13.2. The van der Waals surface area contributed by atoms with Crippen LogP contribution in [0.2, 0.25) is 0 Å². The third-order valence-corrected chi connectivity index (χ3v) is 4.22. The highest BCUT2D eigenvalue weighted by molar-refractivity contribution is 9.09. The lowest BCUT2D eigenvalue weighted by Gasteiger charge is -2.21. The monoisotopic (exact) mass is 433 g/mol. The normalized spacial score (nSPS) is 11.6. The maximum atomic E-state index is 11.4. The zero-order valence-electron chi connectivity index (χ0n) is 17.0. The van der Waals surface area contributed by atoms with E-state index < -0.39 is 0 Å². The molecule has 0 saturated heterocycles. The van der Waals surface area contributed by atoms with Gasteiger partial charge in [0.15, 0.2) is 0 Å². The first kappa shape index (κ1) is 23.2. The van der Waals surface area contributed by atoms with Gasteiger partial charge in [0.25, 0.3) is 0 Å². The van der Waals surface area contributed by atoms with E-state index in [1.807, 2.05) is 45.0 Å². The summed E-state index contributed by atoms with van der Waals surface area (Å²) in [4.78, 5) is 11.4. The van der Waals surface area contributed by atoms with Crippen LogP contribution in [0.5, 0.6) is 0 Å². The van der Waals surface area contributed by atoms with E-state index in [4.69, 9.17) is 4.74 Å². The number of carbonyl (C=O) groups is 1. The molecule has 0 radical (unpaired) electrons. The number of alkyl halides is 1. The summed E-state index contributed by atoms with van der Waals surface area (Å²) in [6.45, 7) is 7.11. The van der Waals surface area contributed by atoms with Gasteiger partial charge in [0.1, 0.15) is 0 Å². The summed E-state index contributed by atoms with van der Waals surface area (Å²) in [5.41, 5.74) is 5.99. The number of anilines is 1. The number of esters is 1. The quantitative estimate of drug-likeness (QED) is 0.471. The molecule has 1 heterocycles. The molecule has 0 fully saturated rings. The Hall–Kier alpha value is -1.81. The maximum absolute atomic E-state index is 11.4. The van der Waals surface area contributed by atoms with Crippen molar-refractivity contribution in [3.8, 4) is 0 Å². The van der Waals surface area contributed by atoms with Crippen LogP contribution in [0.25, 0.3) is 0 Å². The molecule has 0 saturated carbocycles. The van der Waals surface area contributed by atoms with E-state index in [1.54, 1.807) is 0 Å². The Labute approximate surface area is 172 Å². The van der Waals surface area contributed by atoms with Crippen LogP contribution in [0, 0.1) is 0 Å². The molecule has 1 aliphatic rings. The van der Waals surface area contributed by atoms with Crippen LogP contribution in [0.4, 0.5) is 5.69 Å². The Bertz CT molecular complexity index is 683. The fourth-order valence-electron chi connectivity index (χ4n) is 2.99. The number of hydrogen-bond donors (Lipinski definition) is 1. The average molecular weight is 434 g/mol. The number of hydrogen-bond acceptors (Lipinski definition) is 3. The fourth-order valence-corrected chi connectivity index (χ4v) is 2.99. The van der Waals surface area contributed by atoms with Crippen molar-refractivity contribution >= 4 is 27.6 Å². The number of nitrogens with one attached hydrogen (secondary N) is 1. The molecule has 0 aliphatic carbocycles. The molecule has 0 amide bonds. The fraction of sp³-hybridized carbons (Fsp3) is 0.435. The summed E-state index contributed by atoms with van der Waals surface area (Å²) >= 11 is 3.15. The van der Waals surface area contributed by atoms with Gasteiger partial charge >= 0.3 is 5.97 Å². The Balaban J connectivity index is 0.000000665. The highest BCUT2D eigenvalue weighted by atomic mass is 79.9. The van der Waals surface area contributed by atoms with Crippen molar-refractivity contribution in [2.45, 2.75) is 46.5 Å². The molecule has 148 valence electrons. The third-order valence-electron chi connectivity index (χ3n) is 4.22. The number of rotatable bonds is 4. The van der Waals surface area contributed by atoms with Gasteiger partial charge in [-0.05, 0) is 54.5 Å². The highest BCUT2D eigenvalue weighted by Gasteiger charge is 2.12. The van der Waals surface area contributed by atoms with Gasteiger partial charge in [-0.3, -0.25) is 0 Å². The second kappa shape index (κ2) is 13.4. The van der Waals surface area contributed by atoms with E-state index in [-0.39, 0.29) is 5.97 Å². The molecule has 0 spiro atoms. The van der Waals surface area contributed by atoms with Crippen molar-refractivity contribution in [1.29, 1.82) is 0 Å². The van der Waals surface area contributed by atoms with Gasteiger partial charge in [0, 0.05) is 17.6 Å². The molecule has 2 aromatic rings. The topological polar surface area (TPSA) is 38.3 Å². The van der Waals surface area contributed by atoms with Crippen molar-refractivity contribution in [3.63, 3.8) is 0 Å². The lowest BCUT2D eigenvalue weighted by molar-refractivity contribution is 0.0600. The Morgan fingerprint density at radius 3 is 2.41 bits per heavy atom. The first-order valence-corrected chi connectivity index (χ1v) is 10.9. The maximum Gasteiger partial charge on any atom is 0.337 e. The van der Waals surface area contributed by atoms with E-state index in [2.05, 4.69) is 39.4 Å². The molecule has 1 N–H and O–H groups in total. The predicted octanol–water partition coefficient (Wildman–Crippen LogP) is 6.04. The van der Waals surface area contributed by atoms with Gasteiger partial charge in [0.05, 0.1) is 12.7 Å². The SMILES string of the molecule is CC.CCBr.COC(=O)c1ccc(CCc2cccc3c2NCCC3)cc1. The average Bonchev–Trinajstić information content (AvgIpc) is 2.74. The van der Waals surface area contributed by atoms with Crippen LogP contribution >= 0.6 is 15.9 Å². The predicted molar refractivity (Wildman–Crippen MR) is 119 cm³/mol. The number of para-hydroxylation sites is 1. The lowest BCUT2D eigenvalue weighted by Crippen LogP contribution is -2.14. The van der Waals surface area contributed by atoms with Crippen LogP contribution in [0.15, 0.2) is 42.5 Å². The summed E-state index contributed by atoms with van der Waals surface area (Å²) in [6.07, 6.45) is 4.36. The molecule has 3 rings (SSSR count). The van der Waals surface area contributed by atoms with Crippen LogP contribution in [-0.2, 0) is 24.0 Å². The van der Waals surface area contributed by atoms with Crippen LogP contribution in [-0.4, -0.2) is 25.0 Å². The number of benzene rings is 2. The Kier molecular flexibility index (Phi) is 11.5. The second-order valence-electron chi connectivity index (χ2n) is 5.94. The standard InChI is InChI=1S/C19H21NO2.C2H5Br.C2H6/c1-22-19(21)17-11-8-14(9-12-17)7-10-16-5-2-4-15-6-3-13-20-18(15)16;1-2-3;1-2/h2,4-5,8-9,11-12,20H,3,6-7,10,13H2,1H3;2H2,1H3;1-2H3. The molecule has 1 aliphatic heterocycles. The Morgan fingerprint density at radius 2 is 1.78 bits per heavy atom. The van der Waals surface area contributed by atoms with E-state index in [0.717, 1.165) is 24.7 Å². The summed E-state index contributed by atoms with van der Waals surface area (Å²) in [6, 6.07) is 14.3. The molecule has 0 aromatic heterocycles. The molecule has 27 heavy (non-hydrogen) atoms. The number of carbonyl (C=O) groups excluding carboxylic acids is 1. The zero-order chi connectivity index (χ0) is 20.1. The van der Waals surface area contributed by atoms with E-state index in [9.17, 15) is 4.79 Å². The summed E-state index contributed by atoms with van der Waals surface area (Å²) in [5, 5.41) is 4.60. The molecule has 0 atom stereocenters. The van der Waals surface area contributed by atoms with Crippen molar-refractivity contribution in [3.05, 3.63) is 64.7 Å². The number of halogens is 1.